The van der Waals surface area contributed by atoms with Gasteiger partial charge in [0.15, 0.2) is 0 Å². The molecule has 0 aliphatic carbocycles. The van der Waals surface area contributed by atoms with Crippen LogP contribution in [0, 0.1) is 0 Å². The van der Waals surface area contributed by atoms with Crippen LogP contribution in [-0.2, 0) is 29.2 Å². The Morgan fingerprint density at radius 2 is 1.77 bits per heavy atom. The van der Waals surface area contributed by atoms with Crippen molar-refractivity contribution in [3.63, 3.8) is 0 Å². The summed E-state index contributed by atoms with van der Waals surface area (Å²) in [4.78, 5) is 32.5. The lowest BCUT2D eigenvalue weighted by atomic mass is 9.94. The number of nitrogens with zero attached hydrogens (tertiary/aromatic N) is 2. The minimum absolute atomic E-state index is 0.0389. The number of aliphatic hydroxyl groups is 1. The number of rotatable bonds is 7. The Labute approximate surface area is 232 Å². The van der Waals surface area contributed by atoms with Gasteiger partial charge in [0.05, 0.1) is 11.6 Å². The van der Waals surface area contributed by atoms with E-state index in [1.165, 1.54) is 4.90 Å². The van der Waals surface area contributed by atoms with E-state index in [1.807, 2.05) is 67.6 Å². The third-order valence-corrected chi connectivity index (χ3v) is 7.23. The zero-order valence-electron chi connectivity index (χ0n) is 22.0. The fourth-order valence-corrected chi connectivity index (χ4v) is 5.31. The summed E-state index contributed by atoms with van der Waals surface area (Å²) >= 11 is 0. The van der Waals surface area contributed by atoms with Crippen molar-refractivity contribution in [2.75, 3.05) is 0 Å². The average Bonchev–Trinajstić information content (AvgIpc) is 3.48. The van der Waals surface area contributed by atoms with Gasteiger partial charge in [-0.1, -0.05) is 42.5 Å². The van der Waals surface area contributed by atoms with Gasteiger partial charge in [0.1, 0.15) is 30.0 Å². The number of carbonyl (C=O) groups excluding carboxylic acids is 2. The van der Waals surface area contributed by atoms with Gasteiger partial charge in [-0.25, -0.2) is 0 Å². The smallest absolute Gasteiger partial charge is 0.295 e. The standard InChI is InChI=1S/C33H28N2O5/c1-21-16-26-17-25(10-11-28(26)40-21)31(36)29-30(35(33(38)32(29)37)19-22-12-14-34-15-13-22)24-8-5-9-27(18-24)39-20-23-6-3-2-4-7-23/h2-15,17-18,21,30,36H,16,19-20H2,1H3/b31-29+/t21-,30+/m0/s1. The molecule has 2 atom stereocenters. The molecule has 0 bridgehead atoms. The number of fused-ring (bicyclic) bond motifs is 1. The lowest BCUT2D eigenvalue weighted by Crippen LogP contribution is -2.29. The van der Waals surface area contributed by atoms with Crippen molar-refractivity contribution < 1.29 is 24.2 Å². The van der Waals surface area contributed by atoms with E-state index in [9.17, 15) is 14.7 Å². The van der Waals surface area contributed by atoms with Gasteiger partial charge < -0.3 is 19.5 Å². The first-order valence-corrected chi connectivity index (χ1v) is 13.2. The predicted octanol–water partition coefficient (Wildman–Crippen LogP) is 5.61. The Morgan fingerprint density at radius 3 is 2.58 bits per heavy atom. The van der Waals surface area contributed by atoms with Gasteiger partial charge in [0, 0.05) is 30.9 Å². The van der Waals surface area contributed by atoms with E-state index in [0.717, 1.165) is 22.4 Å². The maximum atomic E-state index is 13.5. The molecule has 2 aliphatic heterocycles. The summed E-state index contributed by atoms with van der Waals surface area (Å²) in [5.41, 5.74) is 3.98. The quantitative estimate of drug-likeness (QED) is 0.189. The summed E-state index contributed by atoms with van der Waals surface area (Å²) in [6.07, 6.45) is 4.04. The van der Waals surface area contributed by atoms with Crippen molar-refractivity contribution in [2.45, 2.75) is 38.6 Å². The monoisotopic (exact) mass is 532 g/mol. The highest BCUT2D eigenvalue weighted by Crippen LogP contribution is 2.42. The fraction of sp³-hybridized carbons (Fsp3) is 0.182. The van der Waals surface area contributed by atoms with E-state index in [4.69, 9.17) is 9.47 Å². The molecule has 3 aromatic carbocycles. The van der Waals surface area contributed by atoms with Crippen LogP contribution in [0.2, 0.25) is 0 Å². The van der Waals surface area contributed by atoms with Crippen molar-refractivity contribution in [3.05, 3.63) is 131 Å². The number of carbonyl (C=O) groups is 2. The van der Waals surface area contributed by atoms with Crippen LogP contribution in [0.15, 0.2) is 103 Å². The van der Waals surface area contributed by atoms with Crippen LogP contribution < -0.4 is 9.47 Å². The summed E-state index contributed by atoms with van der Waals surface area (Å²) in [6, 6.07) is 25.3. The number of pyridine rings is 1. The van der Waals surface area contributed by atoms with Crippen LogP contribution in [0.5, 0.6) is 11.5 Å². The van der Waals surface area contributed by atoms with Gasteiger partial charge in [-0.05, 0) is 71.6 Å². The molecular formula is C33H28N2O5. The van der Waals surface area contributed by atoms with Gasteiger partial charge in [-0.2, -0.15) is 0 Å². The Hall–Kier alpha value is -4.91. The highest BCUT2D eigenvalue weighted by Gasteiger charge is 2.46. The second-order valence-electron chi connectivity index (χ2n) is 10.1. The number of aliphatic hydroxyl groups excluding tert-OH is 1. The number of ketones is 1. The third kappa shape index (κ3) is 4.94. The van der Waals surface area contributed by atoms with E-state index in [0.29, 0.717) is 29.9 Å². The maximum absolute atomic E-state index is 13.5. The Bertz CT molecular complexity index is 1600. The average molecular weight is 533 g/mol. The van der Waals surface area contributed by atoms with Crippen LogP contribution in [0.3, 0.4) is 0 Å². The van der Waals surface area contributed by atoms with Gasteiger partial charge in [0.25, 0.3) is 11.7 Å². The van der Waals surface area contributed by atoms with Crippen LogP contribution in [0.1, 0.15) is 40.8 Å². The van der Waals surface area contributed by atoms with Crippen LogP contribution in [0.25, 0.3) is 5.76 Å². The Kier molecular flexibility index (Phi) is 6.78. The Morgan fingerprint density at radius 1 is 0.975 bits per heavy atom. The number of Topliss-reactive ketones (excluding diaryl/α,β-unsaturated/α-hetero) is 1. The molecule has 7 nitrogen and oxygen atoms in total. The summed E-state index contributed by atoms with van der Waals surface area (Å²) < 4.78 is 11.9. The molecule has 1 aromatic heterocycles. The summed E-state index contributed by atoms with van der Waals surface area (Å²) in [7, 11) is 0. The number of ether oxygens (including phenoxy) is 2. The van der Waals surface area contributed by atoms with Gasteiger partial charge in [-0.15, -0.1) is 0 Å². The molecule has 4 aromatic rings. The number of hydrogen-bond donors (Lipinski definition) is 1. The van der Waals surface area contributed by atoms with Crippen molar-refractivity contribution in [1.82, 2.24) is 9.88 Å². The second kappa shape index (κ2) is 10.7. The zero-order valence-corrected chi connectivity index (χ0v) is 22.0. The third-order valence-electron chi connectivity index (χ3n) is 7.23. The van der Waals surface area contributed by atoms with Crippen LogP contribution in [0.4, 0.5) is 0 Å². The molecule has 6 rings (SSSR count). The minimum atomic E-state index is -0.808. The van der Waals surface area contributed by atoms with Crippen molar-refractivity contribution in [2.24, 2.45) is 0 Å². The van der Waals surface area contributed by atoms with Gasteiger partial charge in [0.2, 0.25) is 0 Å². The highest BCUT2D eigenvalue weighted by atomic mass is 16.5. The fourth-order valence-electron chi connectivity index (χ4n) is 5.31. The normalized spacial score (nSPS) is 19.4. The van der Waals surface area contributed by atoms with Crippen molar-refractivity contribution in [3.8, 4) is 11.5 Å². The SMILES string of the molecule is C[C@H]1Cc2cc(/C(O)=C3\C(=O)C(=O)N(Cc4ccncc4)[C@@H]3c3cccc(OCc4ccccc4)c3)ccc2O1. The summed E-state index contributed by atoms with van der Waals surface area (Å²) in [5.74, 6) is -0.241. The summed E-state index contributed by atoms with van der Waals surface area (Å²) in [5, 5.41) is 11.5. The molecule has 7 heteroatoms. The van der Waals surface area contributed by atoms with E-state index in [1.54, 1.807) is 36.7 Å². The molecule has 0 unspecified atom stereocenters. The largest absolute Gasteiger partial charge is 0.507 e. The lowest BCUT2D eigenvalue weighted by molar-refractivity contribution is -0.140. The van der Waals surface area contributed by atoms with Crippen LogP contribution in [-0.4, -0.2) is 32.8 Å². The predicted molar refractivity (Wildman–Crippen MR) is 150 cm³/mol. The molecule has 1 amide bonds. The number of benzene rings is 3. The highest BCUT2D eigenvalue weighted by molar-refractivity contribution is 6.46. The van der Waals surface area contributed by atoms with E-state index < -0.39 is 17.7 Å². The Balaban J connectivity index is 1.41. The molecular weight excluding hydrogens is 504 g/mol. The molecule has 2 aliphatic rings. The maximum Gasteiger partial charge on any atom is 0.295 e. The topological polar surface area (TPSA) is 89.0 Å². The van der Waals surface area contributed by atoms with E-state index in [2.05, 4.69) is 4.98 Å². The molecule has 1 N–H and O–H groups in total. The summed E-state index contributed by atoms with van der Waals surface area (Å²) in [6.45, 7) is 2.54. The second-order valence-corrected chi connectivity index (χ2v) is 10.1. The molecule has 40 heavy (non-hydrogen) atoms. The van der Waals surface area contributed by atoms with Crippen molar-refractivity contribution in [1.29, 1.82) is 0 Å². The number of amides is 1. The molecule has 0 saturated carbocycles. The van der Waals surface area contributed by atoms with Crippen molar-refractivity contribution >= 4 is 17.4 Å². The zero-order chi connectivity index (χ0) is 27.6. The molecule has 1 saturated heterocycles. The van der Waals surface area contributed by atoms with Crippen LogP contribution >= 0.6 is 0 Å². The van der Waals surface area contributed by atoms with Gasteiger partial charge in [-0.3, -0.25) is 14.6 Å². The number of hydrogen-bond acceptors (Lipinski definition) is 6. The number of aromatic nitrogens is 1. The lowest BCUT2D eigenvalue weighted by Gasteiger charge is -2.26. The molecule has 1 fully saturated rings. The first-order valence-electron chi connectivity index (χ1n) is 13.2. The first kappa shape index (κ1) is 25.4. The van der Waals surface area contributed by atoms with E-state index in [-0.39, 0.29) is 24.0 Å². The molecule has 3 heterocycles. The minimum Gasteiger partial charge on any atom is -0.507 e. The molecule has 0 spiro atoms. The number of likely N-dealkylation sites (tertiary alicyclic amines) is 1. The van der Waals surface area contributed by atoms with E-state index >= 15 is 0 Å². The van der Waals surface area contributed by atoms with Gasteiger partial charge >= 0.3 is 0 Å². The molecule has 0 radical (unpaired) electrons. The first-order chi connectivity index (χ1) is 19.5. The molecule has 200 valence electrons.